The third kappa shape index (κ3) is 4.89. The number of ether oxygens (including phenoxy) is 1. The van der Waals surface area contributed by atoms with Gasteiger partial charge in [0.05, 0.1) is 6.42 Å². The number of carbonyl (C=O) groups excluding carboxylic acids is 3. The van der Waals surface area contributed by atoms with Crippen molar-refractivity contribution in [1.29, 1.82) is 0 Å². The Hall–Kier alpha value is -2.83. The van der Waals surface area contributed by atoms with Gasteiger partial charge in [0.2, 0.25) is 0 Å². The fourth-order valence-electron chi connectivity index (χ4n) is 6.99. The van der Waals surface area contributed by atoms with E-state index in [1.807, 2.05) is 13.8 Å². The highest BCUT2D eigenvalue weighted by Crippen LogP contribution is 2.53. The molecule has 1 aromatic heterocycles. The first kappa shape index (κ1) is 24.8. The minimum atomic E-state index is -0.399. The van der Waals surface area contributed by atoms with Gasteiger partial charge in [-0.25, -0.2) is 9.97 Å². The largest absolute Gasteiger partial charge is 0.462 e. The first-order chi connectivity index (χ1) is 17.5. The summed E-state index contributed by atoms with van der Waals surface area (Å²) in [6.45, 7) is 3.95. The summed E-state index contributed by atoms with van der Waals surface area (Å²) in [6.07, 6.45) is 16.2. The fraction of sp³-hybridized carbons (Fsp3) is 0.621. The van der Waals surface area contributed by atoms with E-state index in [9.17, 15) is 14.4 Å². The highest BCUT2D eigenvalue weighted by Gasteiger charge is 2.48. The molecule has 5 rings (SSSR count). The van der Waals surface area contributed by atoms with Crippen LogP contribution in [-0.2, 0) is 14.3 Å². The van der Waals surface area contributed by atoms with Crippen molar-refractivity contribution in [3.8, 4) is 0 Å². The SMILES string of the molecule is CC[C@H]1CCC[C@H](NC(=O)c2ccncn2)[C@@H](C)C(=O)C2=C[C@@H]3[C@@H](C=C[C@@H]4CCC[C@@H]34)[C@@H]2CC(=O)O1. The molecule has 7 nitrogen and oxygen atoms in total. The molecule has 2 heterocycles. The Balaban J connectivity index is 1.45. The van der Waals surface area contributed by atoms with Crippen LogP contribution in [0.4, 0.5) is 0 Å². The number of cyclic esters (lactones) is 1. The summed E-state index contributed by atoms with van der Waals surface area (Å²) < 4.78 is 5.89. The third-order valence-electron chi connectivity index (χ3n) is 8.99. The first-order valence-electron chi connectivity index (χ1n) is 13.7. The lowest BCUT2D eigenvalue weighted by molar-refractivity contribution is -0.150. The van der Waals surface area contributed by atoms with E-state index in [-0.39, 0.29) is 53.8 Å². The number of Topliss-reactive ketones (excluding diaryl/α,β-unsaturated/α-hetero) is 1. The van der Waals surface area contributed by atoms with Crippen LogP contribution in [0.3, 0.4) is 0 Å². The van der Waals surface area contributed by atoms with E-state index in [0.29, 0.717) is 30.6 Å². The Bertz CT molecular complexity index is 1050. The molecule has 2 fully saturated rings. The minimum Gasteiger partial charge on any atom is -0.462 e. The number of carbonyl (C=O) groups is 3. The van der Waals surface area contributed by atoms with Gasteiger partial charge in [-0.15, -0.1) is 0 Å². The molecule has 0 spiro atoms. The van der Waals surface area contributed by atoms with E-state index in [2.05, 4.69) is 33.5 Å². The number of hydrogen-bond donors (Lipinski definition) is 1. The van der Waals surface area contributed by atoms with Gasteiger partial charge in [-0.1, -0.05) is 38.5 Å². The number of fused-ring (bicyclic) bond motifs is 5. The molecule has 1 saturated heterocycles. The summed E-state index contributed by atoms with van der Waals surface area (Å²) in [7, 11) is 0. The zero-order valence-electron chi connectivity index (χ0n) is 21.3. The van der Waals surface area contributed by atoms with E-state index < -0.39 is 5.92 Å². The van der Waals surface area contributed by atoms with Gasteiger partial charge < -0.3 is 10.1 Å². The molecule has 36 heavy (non-hydrogen) atoms. The summed E-state index contributed by atoms with van der Waals surface area (Å²) in [5.41, 5.74) is 1.05. The monoisotopic (exact) mass is 491 g/mol. The molecule has 1 N–H and O–H groups in total. The Morgan fingerprint density at radius 1 is 1.11 bits per heavy atom. The second-order valence-electron chi connectivity index (χ2n) is 11.0. The molecular formula is C29H37N3O4. The maximum atomic E-state index is 14.0. The topological polar surface area (TPSA) is 98.3 Å². The van der Waals surface area contributed by atoms with Crippen molar-refractivity contribution in [2.24, 2.45) is 35.5 Å². The molecule has 1 aliphatic heterocycles. The highest BCUT2D eigenvalue weighted by atomic mass is 16.5. The van der Waals surface area contributed by atoms with Crippen molar-refractivity contribution in [2.45, 2.75) is 77.4 Å². The molecule has 0 unspecified atom stereocenters. The van der Waals surface area contributed by atoms with Crippen LogP contribution in [0.15, 0.2) is 42.4 Å². The Morgan fingerprint density at radius 2 is 1.94 bits per heavy atom. The van der Waals surface area contributed by atoms with Gasteiger partial charge in [0, 0.05) is 24.1 Å². The zero-order chi connectivity index (χ0) is 25.2. The molecule has 1 aromatic rings. The molecule has 1 saturated carbocycles. The van der Waals surface area contributed by atoms with Crippen LogP contribution in [0.2, 0.25) is 0 Å². The summed E-state index contributed by atoms with van der Waals surface area (Å²) in [5.74, 6) is 0.581. The lowest BCUT2D eigenvalue weighted by Gasteiger charge is -2.34. The van der Waals surface area contributed by atoms with Gasteiger partial charge in [-0.05, 0) is 73.8 Å². The molecule has 4 aliphatic rings. The van der Waals surface area contributed by atoms with Crippen LogP contribution >= 0.6 is 0 Å². The molecule has 192 valence electrons. The smallest absolute Gasteiger partial charge is 0.306 e. The van der Waals surface area contributed by atoms with Crippen molar-refractivity contribution < 1.29 is 19.1 Å². The lowest BCUT2D eigenvalue weighted by Crippen LogP contribution is -2.43. The van der Waals surface area contributed by atoms with Crippen molar-refractivity contribution in [3.05, 3.63) is 48.1 Å². The third-order valence-corrected chi connectivity index (χ3v) is 8.99. The molecule has 8 atom stereocenters. The van der Waals surface area contributed by atoms with Crippen molar-refractivity contribution in [2.75, 3.05) is 0 Å². The lowest BCUT2D eigenvalue weighted by atomic mass is 9.70. The second-order valence-corrected chi connectivity index (χ2v) is 11.0. The summed E-state index contributed by atoms with van der Waals surface area (Å²) in [5, 5.41) is 3.09. The van der Waals surface area contributed by atoms with Gasteiger partial charge in [-0.2, -0.15) is 0 Å². The molecule has 1 amide bonds. The normalized spacial score (nSPS) is 36.4. The van der Waals surface area contributed by atoms with E-state index in [4.69, 9.17) is 4.74 Å². The molecule has 7 heteroatoms. The Morgan fingerprint density at radius 3 is 2.72 bits per heavy atom. The maximum Gasteiger partial charge on any atom is 0.306 e. The number of allylic oxidation sites excluding steroid dienone is 4. The van der Waals surface area contributed by atoms with Crippen molar-refractivity contribution in [1.82, 2.24) is 15.3 Å². The quantitative estimate of drug-likeness (QED) is 0.495. The van der Waals surface area contributed by atoms with Crippen molar-refractivity contribution >= 4 is 17.7 Å². The summed E-state index contributed by atoms with van der Waals surface area (Å²) >= 11 is 0. The summed E-state index contributed by atoms with van der Waals surface area (Å²) in [4.78, 5) is 47.9. The average molecular weight is 492 g/mol. The molecule has 3 aliphatic carbocycles. The van der Waals surface area contributed by atoms with Crippen LogP contribution in [0.25, 0.3) is 0 Å². The number of esters is 1. The van der Waals surface area contributed by atoms with Gasteiger partial charge in [0.25, 0.3) is 5.91 Å². The molecular weight excluding hydrogens is 454 g/mol. The van der Waals surface area contributed by atoms with Crippen molar-refractivity contribution in [3.63, 3.8) is 0 Å². The fourth-order valence-corrected chi connectivity index (χ4v) is 6.99. The maximum absolute atomic E-state index is 14.0. The number of hydrogen-bond acceptors (Lipinski definition) is 6. The zero-order valence-corrected chi connectivity index (χ0v) is 21.3. The highest BCUT2D eigenvalue weighted by molar-refractivity contribution is 6.00. The van der Waals surface area contributed by atoms with Gasteiger partial charge in [-0.3, -0.25) is 14.4 Å². The molecule has 0 aromatic carbocycles. The minimum absolute atomic E-state index is 0.0470. The number of aromatic nitrogens is 2. The second kappa shape index (κ2) is 10.7. The average Bonchev–Trinajstić information content (AvgIpc) is 3.51. The predicted molar refractivity (Wildman–Crippen MR) is 135 cm³/mol. The van der Waals surface area contributed by atoms with E-state index in [1.165, 1.54) is 31.8 Å². The summed E-state index contributed by atoms with van der Waals surface area (Å²) in [6, 6.07) is 1.25. The van der Waals surface area contributed by atoms with Crippen LogP contribution in [0.1, 0.15) is 75.7 Å². The number of amides is 1. The number of rotatable bonds is 3. The molecule has 0 radical (unpaired) electrons. The number of nitrogens with one attached hydrogen (secondary N) is 1. The van der Waals surface area contributed by atoms with Crippen LogP contribution in [0.5, 0.6) is 0 Å². The van der Waals surface area contributed by atoms with E-state index in [0.717, 1.165) is 18.4 Å². The Labute approximate surface area is 213 Å². The van der Waals surface area contributed by atoms with Crippen LogP contribution in [0, 0.1) is 35.5 Å². The standard InChI is InChI=1S/C29H37N3O4/c1-3-19-7-5-9-25(32-29(35)26-12-13-30-16-31-26)17(2)28(34)24-14-22-20-8-4-6-18(20)10-11-21(22)23(24)15-27(33)36-19/h10-14,16-23,25H,3-9,15H2,1-2H3,(H,32,35)/t17-,18+,19+,20-,21-,22+,23+,25+/m1/s1. The van der Waals surface area contributed by atoms with E-state index >= 15 is 0 Å². The van der Waals surface area contributed by atoms with Crippen LogP contribution < -0.4 is 5.32 Å². The molecule has 0 bridgehead atoms. The van der Waals surface area contributed by atoms with Gasteiger partial charge >= 0.3 is 5.97 Å². The predicted octanol–water partition coefficient (Wildman–Crippen LogP) is 4.45. The Kier molecular flexibility index (Phi) is 7.35. The van der Waals surface area contributed by atoms with E-state index in [1.54, 1.807) is 6.07 Å². The van der Waals surface area contributed by atoms with Gasteiger partial charge in [0.15, 0.2) is 5.78 Å². The van der Waals surface area contributed by atoms with Gasteiger partial charge in [0.1, 0.15) is 18.1 Å². The number of ketones is 1. The number of nitrogens with zero attached hydrogens (tertiary/aromatic N) is 2. The first-order valence-corrected chi connectivity index (χ1v) is 13.7. The van der Waals surface area contributed by atoms with Crippen LogP contribution in [-0.4, -0.2) is 39.8 Å².